The minimum absolute atomic E-state index is 0.0521. The van der Waals surface area contributed by atoms with E-state index in [4.69, 9.17) is 5.73 Å². The monoisotopic (exact) mass is 282 g/mol. The van der Waals surface area contributed by atoms with Crippen molar-refractivity contribution in [2.45, 2.75) is 19.4 Å². The van der Waals surface area contributed by atoms with E-state index in [2.05, 4.69) is 0 Å². The van der Waals surface area contributed by atoms with Gasteiger partial charge < -0.3 is 10.6 Å². The van der Waals surface area contributed by atoms with Gasteiger partial charge in [-0.05, 0) is 23.6 Å². The van der Waals surface area contributed by atoms with E-state index in [1.165, 1.54) is 0 Å². The Bertz CT molecular complexity index is 596. The summed E-state index contributed by atoms with van der Waals surface area (Å²) in [7, 11) is -3.09. The summed E-state index contributed by atoms with van der Waals surface area (Å²) < 4.78 is 22.1. The molecule has 2 N–H and O–H groups in total. The van der Waals surface area contributed by atoms with Crippen molar-refractivity contribution in [1.82, 2.24) is 4.90 Å². The Morgan fingerprint density at radius 1 is 1.42 bits per heavy atom. The maximum absolute atomic E-state index is 12.0. The van der Waals surface area contributed by atoms with Gasteiger partial charge in [0.15, 0.2) is 0 Å². The van der Waals surface area contributed by atoms with Crippen LogP contribution in [-0.4, -0.2) is 37.8 Å². The fourth-order valence-corrected chi connectivity index (χ4v) is 2.83. The number of carbonyl (C=O) groups excluding carboxylic acids is 1. The van der Waals surface area contributed by atoms with E-state index in [0.717, 1.165) is 29.5 Å². The van der Waals surface area contributed by atoms with Gasteiger partial charge >= 0.3 is 0 Å². The molecule has 1 amide bonds. The van der Waals surface area contributed by atoms with Crippen molar-refractivity contribution in [2.75, 3.05) is 24.3 Å². The maximum atomic E-state index is 12.0. The summed E-state index contributed by atoms with van der Waals surface area (Å²) in [5, 5.41) is 0. The van der Waals surface area contributed by atoms with E-state index in [-0.39, 0.29) is 18.1 Å². The summed E-state index contributed by atoms with van der Waals surface area (Å²) in [6.07, 6.45) is 1.93. The van der Waals surface area contributed by atoms with Crippen LogP contribution in [-0.2, 0) is 27.6 Å². The molecule has 104 valence electrons. The van der Waals surface area contributed by atoms with Gasteiger partial charge in [-0.25, -0.2) is 8.42 Å². The zero-order valence-electron chi connectivity index (χ0n) is 10.9. The molecule has 5 nitrogen and oxygen atoms in total. The minimum atomic E-state index is -3.09. The predicted molar refractivity (Wildman–Crippen MR) is 74.3 cm³/mol. The van der Waals surface area contributed by atoms with E-state index in [1.54, 1.807) is 4.90 Å². The van der Waals surface area contributed by atoms with E-state index in [0.29, 0.717) is 13.1 Å². The van der Waals surface area contributed by atoms with Gasteiger partial charge in [-0.3, -0.25) is 4.79 Å². The number of hydrogen-bond donors (Lipinski definition) is 1. The first-order valence-corrected chi connectivity index (χ1v) is 8.24. The number of nitrogen functional groups attached to an aromatic ring is 1. The molecule has 0 saturated carbocycles. The summed E-state index contributed by atoms with van der Waals surface area (Å²) in [6, 6.07) is 5.69. The molecule has 0 bridgehead atoms. The number of anilines is 1. The summed E-state index contributed by atoms with van der Waals surface area (Å²) in [4.78, 5) is 13.7. The predicted octanol–water partition coefficient (Wildman–Crippen LogP) is 0.588. The van der Waals surface area contributed by atoms with Crippen LogP contribution in [0.15, 0.2) is 18.2 Å². The molecule has 1 aromatic rings. The van der Waals surface area contributed by atoms with Crippen molar-refractivity contribution in [3.8, 4) is 0 Å². The fourth-order valence-electron chi connectivity index (χ4n) is 2.28. The quantitative estimate of drug-likeness (QED) is 0.823. The van der Waals surface area contributed by atoms with Crippen LogP contribution in [0.5, 0.6) is 0 Å². The highest BCUT2D eigenvalue weighted by molar-refractivity contribution is 7.90. The lowest BCUT2D eigenvalue weighted by molar-refractivity contribution is -0.131. The first-order chi connectivity index (χ1) is 8.87. The molecule has 2 rings (SSSR count). The van der Waals surface area contributed by atoms with Crippen LogP contribution < -0.4 is 5.73 Å². The van der Waals surface area contributed by atoms with Gasteiger partial charge in [0.1, 0.15) is 9.84 Å². The van der Waals surface area contributed by atoms with E-state index in [9.17, 15) is 13.2 Å². The van der Waals surface area contributed by atoms with Crippen LogP contribution in [0.2, 0.25) is 0 Å². The van der Waals surface area contributed by atoms with Crippen LogP contribution in [0.3, 0.4) is 0 Å². The van der Waals surface area contributed by atoms with E-state index >= 15 is 0 Å². The Morgan fingerprint density at radius 3 is 2.84 bits per heavy atom. The number of amides is 1. The van der Waals surface area contributed by atoms with Gasteiger partial charge in [0.2, 0.25) is 5.91 Å². The van der Waals surface area contributed by atoms with Gasteiger partial charge in [0.25, 0.3) is 0 Å². The van der Waals surface area contributed by atoms with Gasteiger partial charge in [-0.1, -0.05) is 12.1 Å². The van der Waals surface area contributed by atoms with Gasteiger partial charge in [0.05, 0.1) is 5.75 Å². The lowest BCUT2D eigenvalue weighted by Gasteiger charge is -2.29. The first kappa shape index (κ1) is 13.9. The largest absolute Gasteiger partial charge is 0.398 e. The molecule has 0 aliphatic carbocycles. The normalized spacial score (nSPS) is 15.1. The molecule has 0 saturated heterocycles. The topological polar surface area (TPSA) is 80.5 Å². The highest BCUT2D eigenvalue weighted by atomic mass is 32.2. The average Bonchev–Trinajstić information content (AvgIpc) is 2.35. The number of carbonyl (C=O) groups is 1. The van der Waals surface area contributed by atoms with Crippen molar-refractivity contribution in [1.29, 1.82) is 0 Å². The molecule has 1 aliphatic rings. The molecule has 0 fully saturated rings. The molecule has 0 radical (unpaired) electrons. The number of benzene rings is 1. The lowest BCUT2D eigenvalue weighted by Crippen LogP contribution is -2.37. The SMILES string of the molecule is CS(=O)(=O)CCC(=O)N1CCc2c(N)cccc2C1. The van der Waals surface area contributed by atoms with Crippen molar-refractivity contribution >= 4 is 21.4 Å². The van der Waals surface area contributed by atoms with Crippen LogP contribution in [0, 0.1) is 0 Å². The summed E-state index contributed by atoms with van der Waals surface area (Å²) in [5.41, 5.74) is 8.82. The Balaban J connectivity index is 2.04. The van der Waals surface area contributed by atoms with Crippen molar-refractivity contribution in [2.24, 2.45) is 0 Å². The molecule has 0 atom stereocenters. The minimum Gasteiger partial charge on any atom is -0.398 e. The molecule has 0 aromatic heterocycles. The highest BCUT2D eigenvalue weighted by Gasteiger charge is 2.22. The molecule has 1 aliphatic heterocycles. The Labute approximate surface area is 113 Å². The third kappa shape index (κ3) is 3.47. The van der Waals surface area contributed by atoms with Crippen molar-refractivity contribution < 1.29 is 13.2 Å². The van der Waals surface area contributed by atoms with Crippen molar-refractivity contribution in [3.05, 3.63) is 29.3 Å². The second kappa shape index (κ2) is 5.21. The Hall–Kier alpha value is -1.56. The number of fused-ring (bicyclic) bond motifs is 1. The fraction of sp³-hybridized carbons (Fsp3) is 0.462. The number of nitrogens with zero attached hydrogens (tertiary/aromatic N) is 1. The van der Waals surface area contributed by atoms with E-state index < -0.39 is 9.84 Å². The molecular weight excluding hydrogens is 264 g/mol. The van der Waals surface area contributed by atoms with Gasteiger partial charge in [0, 0.05) is 31.5 Å². The van der Waals surface area contributed by atoms with Crippen LogP contribution in [0.4, 0.5) is 5.69 Å². The summed E-state index contributed by atoms with van der Waals surface area (Å²) in [6.45, 7) is 1.12. The standard InChI is InChI=1S/C13H18N2O3S/c1-19(17,18)8-6-13(16)15-7-5-11-10(9-15)3-2-4-12(11)14/h2-4H,5-9,14H2,1H3. The third-order valence-corrected chi connectivity index (χ3v) is 4.29. The van der Waals surface area contributed by atoms with Crippen molar-refractivity contribution in [3.63, 3.8) is 0 Å². The molecule has 6 heteroatoms. The van der Waals surface area contributed by atoms with Gasteiger partial charge in [-0.2, -0.15) is 0 Å². The zero-order valence-corrected chi connectivity index (χ0v) is 11.7. The van der Waals surface area contributed by atoms with Crippen LogP contribution >= 0.6 is 0 Å². The van der Waals surface area contributed by atoms with E-state index in [1.807, 2.05) is 18.2 Å². The molecule has 0 unspecified atom stereocenters. The molecule has 0 spiro atoms. The maximum Gasteiger partial charge on any atom is 0.223 e. The second-order valence-corrected chi connectivity index (χ2v) is 7.19. The third-order valence-electron chi connectivity index (χ3n) is 3.34. The average molecular weight is 282 g/mol. The number of rotatable bonds is 3. The molecular formula is C13H18N2O3S. The molecule has 1 heterocycles. The highest BCUT2D eigenvalue weighted by Crippen LogP contribution is 2.24. The van der Waals surface area contributed by atoms with Gasteiger partial charge in [-0.15, -0.1) is 0 Å². The molecule has 1 aromatic carbocycles. The number of nitrogens with two attached hydrogens (primary N) is 1. The zero-order chi connectivity index (χ0) is 14.0. The first-order valence-electron chi connectivity index (χ1n) is 6.18. The summed E-state index contributed by atoms with van der Waals surface area (Å²) in [5.74, 6) is -0.204. The number of hydrogen-bond acceptors (Lipinski definition) is 4. The van der Waals surface area contributed by atoms with Crippen LogP contribution in [0.1, 0.15) is 17.5 Å². The Morgan fingerprint density at radius 2 is 2.16 bits per heavy atom. The number of sulfone groups is 1. The van der Waals surface area contributed by atoms with Crippen LogP contribution in [0.25, 0.3) is 0 Å². The Kier molecular flexibility index (Phi) is 3.80. The summed E-state index contributed by atoms with van der Waals surface area (Å²) >= 11 is 0. The second-order valence-electron chi connectivity index (χ2n) is 4.93. The smallest absolute Gasteiger partial charge is 0.223 e. The lowest BCUT2D eigenvalue weighted by atomic mass is 9.98. The molecule has 19 heavy (non-hydrogen) atoms.